The van der Waals surface area contributed by atoms with E-state index in [-0.39, 0.29) is 71.1 Å². The van der Waals surface area contributed by atoms with Crippen molar-refractivity contribution in [3.05, 3.63) is 47.7 Å². The second kappa shape index (κ2) is 10.2. The molecule has 0 amide bonds. The molecule has 5 saturated heterocycles. The van der Waals surface area contributed by atoms with Gasteiger partial charge in [0, 0.05) is 55.3 Å². The van der Waals surface area contributed by atoms with Gasteiger partial charge in [0.05, 0.1) is 17.9 Å². The van der Waals surface area contributed by atoms with Crippen molar-refractivity contribution in [1.82, 2.24) is 25.2 Å². The molecule has 5 fully saturated rings. The van der Waals surface area contributed by atoms with E-state index in [4.69, 9.17) is 17.5 Å². The number of halogens is 3. The van der Waals surface area contributed by atoms with Crippen LogP contribution in [0.4, 0.5) is 19.0 Å². The number of fused-ring (bicyclic) bond motifs is 6. The van der Waals surface area contributed by atoms with Gasteiger partial charge in [0.2, 0.25) is 0 Å². The summed E-state index contributed by atoms with van der Waals surface area (Å²) >= 11 is 0. The molecule has 226 valence electrons. The number of piperidine rings is 2. The number of alkyl halides is 1. The lowest BCUT2D eigenvalue weighted by atomic mass is 9.92. The van der Waals surface area contributed by atoms with E-state index < -0.39 is 23.3 Å². The second-order valence-electron chi connectivity index (χ2n) is 12.4. The minimum atomic E-state index is -2.06. The van der Waals surface area contributed by atoms with Crippen LogP contribution in [0, 0.1) is 24.0 Å². The van der Waals surface area contributed by atoms with E-state index in [1.807, 2.05) is 4.90 Å². The van der Waals surface area contributed by atoms with Gasteiger partial charge in [-0.1, -0.05) is 12.0 Å². The minimum absolute atomic E-state index is 0.0169. The molecule has 44 heavy (non-hydrogen) atoms. The molecular formula is C33H31F3N6O2. The highest BCUT2D eigenvalue weighted by Gasteiger charge is 2.49. The van der Waals surface area contributed by atoms with E-state index in [0.717, 1.165) is 25.8 Å². The maximum atomic E-state index is 16.8. The van der Waals surface area contributed by atoms with Crippen molar-refractivity contribution < 1.29 is 24.4 Å². The minimum Gasteiger partial charge on any atom is -0.508 e. The summed E-state index contributed by atoms with van der Waals surface area (Å²) in [4.78, 5) is 17.9. The molecule has 7 heterocycles. The quantitative estimate of drug-likeness (QED) is 0.319. The lowest BCUT2D eigenvalue weighted by Gasteiger charge is -2.46. The third kappa shape index (κ3) is 4.26. The SMILES string of the molecule is [2H][C@@]1(F)CN2CCC[C@]2(COc2nc(N3CC4CCC3CN4)c3cnc(-c4cc(O)cc5ccc(F)c(C#C)c45)c(F)c3n2)C1. The van der Waals surface area contributed by atoms with E-state index in [1.54, 1.807) is 0 Å². The fraction of sp³-hybridized carbons (Fsp3) is 0.424. The third-order valence-corrected chi connectivity index (χ3v) is 9.81. The van der Waals surface area contributed by atoms with E-state index >= 15 is 4.39 Å². The molecule has 5 aliphatic heterocycles. The van der Waals surface area contributed by atoms with Gasteiger partial charge >= 0.3 is 6.01 Å². The van der Waals surface area contributed by atoms with E-state index in [0.29, 0.717) is 36.1 Å². The van der Waals surface area contributed by atoms with E-state index in [1.165, 1.54) is 30.5 Å². The first kappa shape index (κ1) is 26.3. The molecule has 0 radical (unpaired) electrons. The van der Waals surface area contributed by atoms with Crippen molar-refractivity contribution in [2.24, 2.45) is 0 Å². The first-order chi connectivity index (χ1) is 21.6. The largest absolute Gasteiger partial charge is 0.508 e. The maximum absolute atomic E-state index is 16.8. The molecule has 5 aliphatic rings. The molecule has 11 heteroatoms. The lowest BCUT2D eigenvalue weighted by molar-refractivity contribution is 0.107. The Bertz CT molecular complexity index is 1910. The van der Waals surface area contributed by atoms with Gasteiger partial charge in [-0.05, 0) is 55.8 Å². The Labute approximate surface area is 253 Å². The zero-order chi connectivity index (χ0) is 31.1. The maximum Gasteiger partial charge on any atom is 0.319 e. The van der Waals surface area contributed by atoms with Gasteiger partial charge < -0.3 is 20.1 Å². The van der Waals surface area contributed by atoms with Crippen LogP contribution in [0.15, 0.2) is 30.5 Å². The van der Waals surface area contributed by atoms with Crippen LogP contribution in [0.1, 0.15) is 39.0 Å². The summed E-state index contributed by atoms with van der Waals surface area (Å²) < 4.78 is 60.6. The number of benzene rings is 2. The molecule has 2 bridgehead atoms. The van der Waals surface area contributed by atoms with Crippen LogP contribution in [0.3, 0.4) is 0 Å². The molecule has 4 atom stereocenters. The molecule has 0 saturated carbocycles. The number of piperazine rings is 1. The van der Waals surface area contributed by atoms with Crippen LogP contribution in [0.25, 0.3) is 32.9 Å². The summed E-state index contributed by atoms with van der Waals surface area (Å²) in [5, 5.41) is 15.1. The Hall–Kier alpha value is -4.14. The van der Waals surface area contributed by atoms with Gasteiger partial charge in [0.25, 0.3) is 0 Å². The zero-order valence-electron chi connectivity index (χ0n) is 24.9. The van der Waals surface area contributed by atoms with Gasteiger partial charge in [0.15, 0.2) is 5.82 Å². The molecule has 2 N–H and O–H groups in total. The van der Waals surface area contributed by atoms with Crippen LogP contribution >= 0.6 is 0 Å². The van der Waals surface area contributed by atoms with Crippen LogP contribution in [-0.2, 0) is 0 Å². The molecule has 2 aromatic carbocycles. The Morgan fingerprint density at radius 3 is 2.89 bits per heavy atom. The number of terminal acetylenes is 1. The number of pyridine rings is 1. The van der Waals surface area contributed by atoms with Crippen molar-refractivity contribution in [2.75, 3.05) is 37.7 Å². The second-order valence-corrected chi connectivity index (χ2v) is 12.4. The predicted molar refractivity (Wildman–Crippen MR) is 160 cm³/mol. The van der Waals surface area contributed by atoms with Gasteiger partial charge in [0.1, 0.15) is 41.3 Å². The zero-order valence-corrected chi connectivity index (χ0v) is 23.9. The number of nitrogens with zero attached hydrogens (tertiary/aromatic N) is 5. The molecule has 8 nitrogen and oxygen atoms in total. The van der Waals surface area contributed by atoms with Crippen LogP contribution in [-0.4, -0.2) is 81.5 Å². The van der Waals surface area contributed by atoms with Crippen molar-refractivity contribution in [3.63, 3.8) is 0 Å². The molecule has 9 rings (SSSR count). The Balaban J connectivity index is 1.28. The highest BCUT2D eigenvalue weighted by atomic mass is 19.1. The summed E-state index contributed by atoms with van der Waals surface area (Å²) in [6.07, 6.45) is 8.65. The standard InChI is InChI=1S/C33H31F3N6O2/c1-2-23-26(35)7-4-18-10-22(43)11-24(27(18)23)29-28(36)30-25(14-38-29)31(42-16-20-5-6-21(42)13-37-20)40-32(39-30)44-17-33-8-3-9-41(33)15-19(34)12-33/h1,4,7,10-11,14,19-21,37,43H,3,5-6,8-9,12-13,15-17H2/t19-,20?,21?,33+/m0/s1/i19D. The summed E-state index contributed by atoms with van der Waals surface area (Å²) in [6.45, 7) is 2.20. The summed E-state index contributed by atoms with van der Waals surface area (Å²) in [5.74, 6) is 1.25. The van der Waals surface area contributed by atoms with Crippen molar-refractivity contribution in [3.8, 4) is 35.4 Å². The summed E-state index contributed by atoms with van der Waals surface area (Å²) in [6, 6.07) is 5.76. The van der Waals surface area contributed by atoms with Crippen LogP contribution in [0.2, 0.25) is 0 Å². The van der Waals surface area contributed by atoms with Gasteiger partial charge in [-0.15, -0.1) is 6.42 Å². The number of ether oxygens (including phenoxy) is 1. The number of anilines is 1. The topological polar surface area (TPSA) is 86.6 Å². The average Bonchev–Trinajstić information content (AvgIpc) is 3.52. The lowest BCUT2D eigenvalue weighted by Crippen LogP contribution is -2.61. The summed E-state index contributed by atoms with van der Waals surface area (Å²) in [5.41, 5.74) is -0.792. The Kier molecular flexibility index (Phi) is 6.10. The van der Waals surface area contributed by atoms with Crippen molar-refractivity contribution >= 4 is 27.5 Å². The number of hydrogen-bond acceptors (Lipinski definition) is 8. The molecule has 4 aromatic rings. The number of aromatic nitrogens is 3. The van der Waals surface area contributed by atoms with E-state index in [9.17, 15) is 13.9 Å². The van der Waals surface area contributed by atoms with Gasteiger partial charge in [-0.2, -0.15) is 9.97 Å². The Morgan fingerprint density at radius 2 is 2.11 bits per heavy atom. The monoisotopic (exact) mass is 601 g/mol. The van der Waals surface area contributed by atoms with E-state index in [2.05, 4.69) is 26.1 Å². The van der Waals surface area contributed by atoms with Gasteiger partial charge in [-0.25, -0.2) is 13.2 Å². The average molecular weight is 602 g/mol. The number of phenolic OH excluding ortho intramolecular Hbond substituents is 1. The fourth-order valence-corrected chi connectivity index (χ4v) is 7.69. The first-order valence-electron chi connectivity index (χ1n) is 15.5. The smallest absolute Gasteiger partial charge is 0.319 e. The number of aromatic hydroxyl groups is 1. The van der Waals surface area contributed by atoms with Crippen LogP contribution < -0.4 is 15.0 Å². The fourth-order valence-electron chi connectivity index (χ4n) is 7.69. The highest BCUT2D eigenvalue weighted by molar-refractivity contribution is 6.03. The normalized spacial score (nSPS) is 28.4. The first-order valence-corrected chi connectivity index (χ1v) is 15.0. The third-order valence-electron chi connectivity index (χ3n) is 9.81. The summed E-state index contributed by atoms with van der Waals surface area (Å²) in [7, 11) is 0. The molecule has 2 unspecified atom stereocenters. The Morgan fingerprint density at radius 1 is 1.23 bits per heavy atom. The number of hydrogen-bond donors (Lipinski definition) is 2. The highest BCUT2D eigenvalue weighted by Crippen LogP contribution is 2.42. The molecule has 0 aliphatic carbocycles. The molecule has 2 aromatic heterocycles. The molecular weight excluding hydrogens is 569 g/mol. The number of rotatable bonds is 5. The van der Waals surface area contributed by atoms with Crippen molar-refractivity contribution in [2.45, 2.75) is 55.9 Å². The van der Waals surface area contributed by atoms with Gasteiger partial charge in [-0.3, -0.25) is 9.88 Å². The number of nitrogens with one attached hydrogen (secondary N) is 1. The van der Waals surface area contributed by atoms with Crippen molar-refractivity contribution in [1.29, 1.82) is 0 Å². The molecule has 0 spiro atoms. The predicted octanol–water partition coefficient (Wildman–Crippen LogP) is 4.71. The van der Waals surface area contributed by atoms with Crippen LogP contribution in [0.5, 0.6) is 11.8 Å². The number of phenols is 1.